The normalized spacial score (nSPS) is 11.0. The quantitative estimate of drug-likeness (QED) is 0.741. The number of imidazole rings is 1. The lowest BCUT2D eigenvalue weighted by Gasteiger charge is -2.05. The minimum Gasteiger partial charge on any atom is -0.478 e. The first-order valence-corrected chi connectivity index (χ1v) is 8.75. The van der Waals surface area contributed by atoms with Gasteiger partial charge < -0.3 is 10.4 Å². The molecule has 0 saturated carbocycles. The molecule has 0 atom stereocenters. The molecule has 2 N–H and O–H groups in total. The van der Waals surface area contributed by atoms with Crippen LogP contribution in [0.2, 0.25) is 0 Å². The van der Waals surface area contributed by atoms with Crippen LogP contribution in [0.15, 0.2) is 17.8 Å². The van der Waals surface area contributed by atoms with Gasteiger partial charge in [-0.2, -0.15) is 0 Å². The zero-order chi connectivity index (χ0) is 16.6. The Labute approximate surface area is 140 Å². The van der Waals surface area contributed by atoms with Gasteiger partial charge in [0.25, 0.3) is 0 Å². The lowest BCUT2D eigenvalue weighted by atomic mass is 10.1. The molecule has 0 aromatic carbocycles. The van der Waals surface area contributed by atoms with E-state index >= 15 is 0 Å². The second-order valence-electron chi connectivity index (χ2n) is 5.03. The van der Waals surface area contributed by atoms with Crippen molar-refractivity contribution in [2.75, 3.05) is 5.32 Å². The number of carbonyl (C=O) groups is 2. The fraction of sp³-hybridized carbons (Fsp3) is 0.267. The summed E-state index contributed by atoms with van der Waals surface area (Å²) in [7, 11) is 0. The molecule has 23 heavy (non-hydrogen) atoms. The predicted molar refractivity (Wildman–Crippen MR) is 90.8 cm³/mol. The van der Waals surface area contributed by atoms with Crippen LogP contribution in [0, 0.1) is 6.92 Å². The second kappa shape index (κ2) is 6.13. The van der Waals surface area contributed by atoms with Gasteiger partial charge in [0, 0.05) is 28.3 Å². The SMILES string of the molecule is CCc1c(C)sc(NC(=O)Cc2csc3nccn23)c1C(=O)O. The number of carboxylic acid groups (broad SMARTS) is 1. The van der Waals surface area contributed by atoms with Gasteiger partial charge in [-0.15, -0.1) is 22.7 Å². The van der Waals surface area contributed by atoms with Gasteiger partial charge in [-0.25, -0.2) is 9.78 Å². The van der Waals surface area contributed by atoms with Gasteiger partial charge in [-0.3, -0.25) is 9.20 Å². The molecule has 0 unspecified atom stereocenters. The number of fused-ring (bicyclic) bond motifs is 1. The van der Waals surface area contributed by atoms with Crippen molar-refractivity contribution < 1.29 is 14.7 Å². The van der Waals surface area contributed by atoms with Gasteiger partial charge in [0.2, 0.25) is 5.91 Å². The van der Waals surface area contributed by atoms with Crippen molar-refractivity contribution in [3.63, 3.8) is 0 Å². The molecule has 3 aromatic heterocycles. The van der Waals surface area contributed by atoms with E-state index < -0.39 is 5.97 Å². The monoisotopic (exact) mass is 349 g/mol. The highest BCUT2D eigenvalue weighted by molar-refractivity contribution is 7.17. The number of carbonyl (C=O) groups excluding carboxylic acids is 1. The summed E-state index contributed by atoms with van der Waals surface area (Å²) in [5.41, 5.74) is 1.83. The third kappa shape index (κ3) is 2.87. The largest absolute Gasteiger partial charge is 0.478 e. The first-order valence-electron chi connectivity index (χ1n) is 7.06. The molecule has 3 rings (SSSR count). The lowest BCUT2D eigenvalue weighted by Crippen LogP contribution is -2.16. The molecule has 1 amide bonds. The van der Waals surface area contributed by atoms with E-state index in [1.807, 2.05) is 29.8 Å². The van der Waals surface area contributed by atoms with Gasteiger partial charge >= 0.3 is 5.97 Å². The zero-order valence-electron chi connectivity index (χ0n) is 12.6. The van der Waals surface area contributed by atoms with Gasteiger partial charge in [0.05, 0.1) is 12.0 Å². The van der Waals surface area contributed by atoms with Crippen LogP contribution in [0.25, 0.3) is 4.96 Å². The fourth-order valence-electron chi connectivity index (χ4n) is 2.55. The van der Waals surface area contributed by atoms with E-state index in [2.05, 4.69) is 10.3 Å². The van der Waals surface area contributed by atoms with Gasteiger partial charge in [0.15, 0.2) is 4.96 Å². The topological polar surface area (TPSA) is 83.7 Å². The van der Waals surface area contributed by atoms with Crippen LogP contribution in [-0.4, -0.2) is 26.4 Å². The van der Waals surface area contributed by atoms with E-state index in [-0.39, 0.29) is 17.9 Å². The molecule has 0 aliphatic heterocycles. The number of hydrogen-bond donors (Lipinski definition) is 2. The molecule has 0 fully saturated rings. The van der Waals surface area contributed by atoms with Crippen LogP contribution in [-0.2, 0) is 17.6 Å². The Balaban J connectivity index is 1.83. The zero-order valence-corrected chi connectivity index (χ0v) is 14.3. The number of amides is 1. The Morgan fingerprint density at radius 2 is 2.22 bits per heavy atom. The number of rotatable bonds is 5. The van der Waals surface area contributed by atoms with Crippen molar-refractivity contribution in [3.05, 3.63) is 39.5 Å². The van der Waals surface area contributed by atoms with Crippen LogP contribution in [0.5, 0.6) is 0 Å². The summed E-state index contributed by atoms with van der Waals surface area (Å²) in [5.74, 6) is -1.24. The number of nitrogens with one attached hydrogen (secondary N) is 1. The van der Waals surface area contributed by atoms with Crippen LogP contribution in [0.1, 0.15) is 33.4 Å². The number of thiophene rings is 1. The minimum atomic E-state index is -1.01. The van der Waals surface area contributed by atoms with Crippen molar-refractivity contribution in [2.24, 2.45) is 0 Å². The summed E-state index contributed by atoms with van der Waals surface area (Å²) in [6, 6.07) is 0. The van der Waals surface area contributed by atoms with Crippen molar-refractivity contribution in [3.8, 4) is 0 Å². The highest BCUT2D eigenvalue weighted by Gasteiger charge is 2.22. The number of thiazole rings is 1. The van der Waals surface area contributed by atoms with Gasteiger partial charge in [-0.05, 0) is 18.9 Å². The number of aryl methyl sites for hydroxylation is 1. The van der Waals surface area contributed by atoms with E-state index in [0.29, 0.717) is 11.4 Å². The van der Waals surface area contributed by atoms with Gasteiger partial charge in [0.1, 0.15) is 5.00 Å². The Morgan fingerprint density at radius 1 is 1.43 bits per heavy atom. The molecule has 0 radical (unpaired) electrons. The summed E-state index contributed by atoms with van der Waals surface area (Å²) in [5, 5.41) is 14.5. The van der Waals surface area contributed by atoms with E-state index in [1.165, 1.54) is 22.7 Å². The smallest absolute Gasteiger partial charge is 0.339 e. The first-order chi connectivity index (χ1) is 11.0. The van der Waals surface area contributed by atoms with Crippen LogP contribution in [0.3, 0.4) is 0 Å². The number of carboxylic acids is 1. The van der Waals surface area contributed by atoms with Crippen LogP contribution in [0.4, 0.5) is 5.00 Å². The molecule has 0 spiro atoms. The van der Waals surface area contributed by atoms with Crippen molar-refractivity contribution in [1.29, 1.82) is 0 Å². The van der Waals surface area contributed by atoms with Crippen molar-refractivity contribution in [1.82, 2.24) is 9.38 Å². The number of nitrogens with zero attached hydrogens (tertiary/aromatic N) is 2. The molecule has 0 aliphatic rings. The van der Waals surface area contributed by atoms with E-state index in [4.69, 9.17) is 0 Å². The van der Waals surface area contributed by atoms with Crippen LogP contribution < -0.4 is 5.32 Å². The number of hydrogen-bond acceptors (Lipinski definition) is 5. The minimum absolute atomic E-state index is 0.174. The molecule has 120 valence electrons. The van der Waals surface area contributed by atoms with E-state index in [1.54, 1.807) is 6.20 Å². The summed E-state index contributed by atoms with van der Waals surface area (Å²) < 4.78 is 1.86. The van der Waals surface area contributed by atoms with Gasteiger partial charge in [-0.1, -0.05) is 6.92 Å². The van der Waals surface area contributed by atoms with Crippen LogP contribution >= 0.6 is 22.7 Å². The van der Waals surface area contributed by atoms with Crippen molar-refractivity contribution in [2.45, 2.75) is 26.7 Å². The predicted octanol–water partition coefficient (Wildman–Crippen LogP) is 3.21. The molecule has 3 aromatic rings. The molecule has 0 saturated heterocycles. The highest BCUT2D eigenvalue weighted by atomic mass is 32.1. The summed E-state index contributed by atoms with van der Waals surface area (Å²) in [6.45, 7) is 3.79. The second-order valence-corrected chi connectivity index (χ2v) is 7.09. The third-order valence-electron chi connectivity index (χ3n) is 3.59. The maximum atomic E-state index is 12.3. The lowest BCUT2D eigenvalue weighted by molar-refractivity contribution is -0.115. The third-order valence-corrected chi connectivity index (χ3v) is 5.55. The number of anilines is 1. The molecule has 0 aliphatic carbocycles. The summed E-state index contributed by atoms with van der Waals surface area (Å²) in [6.07, 6.45) is 4.29. The molecule has 6 nitrogen and oxygen atoms in total. The Morgan fingerprint density at radius 3 is 2.91 bits per heavy atom. The maximum absolute atomic E-state index is 12.3. The Bertz CT molecular complexity index is 891. The molecule has 3 heterocycles. The standard InChI is InChI=1S/C15H15N3O3S2/c1-3-10-8(2)23-13(12(10)14(20)21)17-11(19)6-9-7-22-15-16-4-5-18(9)15/h4-5,7H,3,6H2,1-2H3,(H,17,19)(H,20,21). The Hall–Kier alpha value is -2.19. The molecular formula is C15H15N3O3S2. The molecule has 0 bridgehead atoms. The highest BCUT2D eigenvalue weighted by Crippen LogP contribution is 2.33. The average Bonchev–Trinajstić information content (AvgIpc) is 3.15. The summed E-state index contributed by atoms with van der Waals surface area (Å²) >= 11 is 2.78. The Kier molecular flexibility index (Phi) is 4.18. The molecular weight excluding hydrogens is 334 g/mol. The van der Waals surface area contributed by atoms with Crippen molar-refractivity contribution >= 4 is 44.5 Å². The number of aromatic nitrogens is 2. The first kappa shape index (κ1) is 15.7. The average molecular weight is 349 g/mol. The van der Waals surface area contributed by atoms with E-state index in [0.717, 1.165) is 21.1 Å². The summed E-state index contributed by atoms with van der Waals surface area (Å²) in [4.78, 5) is 29.7. The van der Waals surface area contributed by atoms with E-state index in [9.17, 15) is 14.7 Å². The maximum Gasteiger partial charge on any atom is 0.339 e. The fourth-order valence-corrected chi connectivity index (χ4v) is 4.56. The number of aromatic carboxylic acids is 1. The molecule has 8 heteroatoms.